The highest BCUT2D eigenvalue weighted by Gasteiger charge is 2.11. The van der Waals surface area contributed by atoms with Crippen molar-refractivity contribution in [2.24, 2.45) is 5.92 Å². The van der Waals surface area contributed by atoms with Gasteiger partial charge in [0.2, 0.25) is 0 Å². The van der Waals surface area contributed by atoms with Crippen LogP contribution in [0.25, 0.3) is 0 Å². The summed E-state index contributed by atoms with van der Waals surface area (Å²) in [5, 5.41) is 3.56. The van der Waals surface area contributed by atoms with Gasteiger partial charge in [-0.3, -0.25) is 4.98 Å². The summed E-state index contributed by atoms with van der Waals surface area (Å²) >= 11 is 0. The number of aromatic nitrogens is 1. The lowest BCUT2D eigenvalue weighted by molar-refractivity contribution is 0.388. The van der Waals surface area contributed by atoms with Crippen molar-refractivity contribution in [1.82, 2.24) is 10.3 Å². The zero-order valence-corrected chi connectivity index (χ0v) is 9.49. The van der Waals surface area contributed by atoms with Crippen LogP contribution in [0.4, 0.5) is 0 Å². The Labute approximate surface area is 86.8 Å². The maximum absolute atomic E-state index is 4.12. The first-order valence-electron chi connectivity index (χ1n) is 5.27. The van der Waals surface area contributed by atoms with Gasteiger partial charge in [0.15, 0.2) is 0 Å². The van der Waals surface area contributed by atoms with Crippen LogP contribution in [0.3, 0.4) is 0 Å². The number of hydrogen-bond donors (Lipinski definition) is 1. The van der Waals surface area contributed by atoms with E-state index in [9.17, 15) is 0 Å². The van der Waals surface area contributed by atoms with Gasteiger partial charge in [0, 0.05) is 24.5 Å². The van der Waals surface area contributed by atoms with Crippen LogP contribution in [0, 0.1) is 5.92 Å². The van der Waals surface area contributed by atoms with Crippen molar-refractivity contribution in [2.75, 3.05) is 0 Å². The molecule has 0 amide bonds. The van der Waals surface area contributed by atoms with Crippen LogP contribution in [0.2, 0.25) is 0 Å². The molecule has 1 aromatic heterocycles. The van der Waals surface area contributed by atoms with Crippen LogP contribution in [-0.4, -0.2) is 11.0 Å². The predicted molar refractivity (Wildman–Crippen MR) is 60.1 cm³/mol. The van der Waals surface area contributed by atoms with E-state index in [1.54, 1.807) is 0 Å². The highest BCUT2D eigenvalue weighted by molar-refractivity contribution is 5.12. The molecule has 0 fully saturated rings. The number of nitrogens with one attached hydrogen (secondary N) is 1. The molecule has 1 N–H and O–H groups in total. The highest BCUT2D eigenvalue weighted by atomic mass is 14.9. The first-order chi connectivity index (χ1) is 6.61. The first kappa shape index (κ1) is 11.2. The fourth-order valence-electron chi connectivity index (χ4n) is 1.32. The third kappa shape index (κ3) is 3.11. The van der Waals surface area contributed by atoms with E-state index < -0.39 is 0 Å². The van der Waals surface area contributed by atoms with E-state index in [-0.39, 0.29) is 0 Å². The second-order valence-electron chi connectivity index (χ2n) is 4.21. The SMILES string of the molecule is CC(C)[C@@H](C)N[C@H](C)c1cccnc1. The Hall–Kier alpha value is -0.890. The number of pyridine rings is 1. The van der Waals surface area contributed by atoms with Gasteiger partial charge in [0.1, 0.15) is 0 Å². The summed E-state index contributed by atoms with van der Waals surface area (Å²) in [6.07, 6.45) is 3.73. The second kappa shape index (κ2) is 5.11. The van der Waals surface area contributed by atoms with E-state index in [2.05, 4.69) is 44.1 Å². The van der Waals surface area contributed by atoms with E-state index in [0.29, 0.717) is 18.0 Å². The van der Waals surface area contributed by atoms with Gasteiger partial charge in [-0.2, -0.15) is 0 Å². The minimum Gasteiger partial charge on any atom is -0.307 e. The van der Waals surface area contributed by atoms with E-state index >= 15 is 0 Å². The summed E-state index contributed by atoms with van der Waals surface area (Å²) < 4.78 is 0. The van der Waals surface area contributed by atoms with Crippen molar-refractivity contribution < 1.29 is 0 Å². The number of hydrogen-bond acceptors (Lipinski definition) is 2. The van der Waals surface area contributed by atoms with Crippen molar-refractivity contribution in [3.05, 3.63) is 30.1 Å². The quantitative estimate of drug-likeness (QED) is 0.793. The number of rotatable bonds is 4. The summed E-state index contributed by atoms with van der Waals surface area (Å²) in [4.78, 5) is 4.12. The summed E-state index contributed by atoms with van der Waals surface area (Å²) in [5.74, 6) is 0.661. The van der Waals surface area contributed by atoms with Gasteiger partial charge in [0.05, 0.1) is 0 Å². The third-order valence-corrected chi connectivity index (χ3v) is 2.70. The van der Waals surface area contributed by atoms with E-state index in [4.69, 9.17) is 0 Å². The minimum atomic E-state index is 0.376. The number of nitrogens with zero attached hydrogens (tertiary/aromatic N) is 1. The molecule has 0 radical (unpaired) electrons. The molecule has 0 spiro atoms. The Balaban J connectivity index is 2.55. The van der Waals surface area contributed by atoms with Gasteiger partial charge in [-0.1, -0.05) is 19.9 Å². The lowest BCUT2D eigenvalue weighted by atomic mass is 10.0. The van der Waals surface area contributed by atoms with Crippen LogP contribution >= 0.6 is 0 Å². The standard InChI is InChI=1S/C12H20N2/c1-9(2)10(3)14-11(4)12-6-5-7-13-8-12/h5-11,14H,1-4H3/t10-,11-/m1/s1. The molecular weight excluding hydrogens is 172 g/mol. The normalized spacial score (nSPS) is 15.5. The molecule has 2 heteroatoms. The second-order valence-corrected chi connectivity index (χ2v) is 4.21. The Kier molecular flexibility index (Phi) is 4.08. The first-order valence-corrected chi connectivity index (χ1v) is 5.27. The summed E-state index contributed by atoms with van der Waals surface area (Å²) in [6.45, 7) is 8.86. The average molecular weight is 192 g/mol. The Morgan fingerprint density at radius 2 is 1.93 bits per heavy atom. The van der Waals surface area contributed by atoms with Crippen LogP contribution in [-0.2, 0) is 0 Å². The molecule has 0 aromatic carbocycles. The lowest BCUT2D eigenvalue weighted by Crippen LogP contribution is -2.32. The van der Waals surface area contributed by atoms with Gasteiger partial charge in [-0.15, -0.1) is 0 Å². The minimum absolute atomic E-state index is 0.376. The van der Waals surface area contributed by atoms with Crippen LogP contribution in [0.5, 0.6) is 0 Å². The summed E-state index contributed by atoms with van der Waals surface area (Å²) in [7, 11) is 0. The van der Waals surface area contributed by atoms with Crippen molar-refractivity contribution in [1.29, 1.82) is 0 Å². The molecular formula is C12H20N2. The Morgan fingerprint density at radius 3 is 2.43 bits per heavy atom. The maximum atomic E-state index is 4.12. The molecule has 1 rings (SSSR count). The Morgan fingerprint density at radius 1 is 1.21 bits per heavy atom. The molecule has 0 aliphatic rings. The van der Waals surface area contributed by atoms with Gasteiger partial charge in [-0.05, 0) is 31.4 Å². The van der Waals surface area contributed by atoms with Crippen molar-refractivity contribution >= 4 is 0 Å². The molecule has 1 heterocycles. The summed E-state index contributed by atoms with van der Waals surface area (Å²) in [6, 6.07) is 5.00. The maximum Gasteiger partial charge on any atom is 0.0315 e. The fourth-order valence-corrected chi connectivity index (χ4v) is 1.32. The van der Waals surface area contributed by atoms with Gasteiger partial charge < -0.3 is 5.32 Å². The van der Waals surface area contributed by atoms with Crippen LogP contribution in [0.15, 0.2) is 24.5 Å². The van der Waals surface area contributed by atoms with Crippen molar-refractivity contribution in [3.63, 3.8) is 0 Å². The average Bonchev–Trinajstić information content (AvgIpc) is 2.19. The molecule has 0 unspecified atom stereocenters. The zero-order valence-electron chi connectivity index (χ0n) is 9.49. The van der Waals surface area contributed by atoms with Gasteiger partial charge in [0.25, 0.3) is 0 Å². The summed E-state index contributed by atoms with van der Waals surface area (Å²) in [5.41, 5.74) is 1.25. The van der Waals surface area contributed by atoms with Crippen LogP contribution in [0.1, 0.15) is 39.3 Å². The highest BCUT2D eigenvalue weighted by Crippen LogP contribution is 2.12. The molecule has 0 aliphatic carbocycles. The molecule has 2 atom stereocenters. The molecule has 78 valence electrons. The van der Waals surface area contributed by atoms with Crippen LogP contribution < -0.4 is 5.32 Å². The molecule has 1 aromatic rings. The molecule has 2 nitrogen and oxygen atoms in total. The Bertz CT molecular complexity index is 256. The zero-order chi connectivity index (χ0) is 10.6. The lowest BCUT2D eigenvalue weighted by Gasteiger charge is -2.22. The van der Waals surface area contributed by atoms with Crippen molar-refractivity contribution in [2.45, 2.75) is 39.8 Å². The largest absolute Gasteiger partial charge is 0.307 e. The van der Waals surface area contributed by atoms with E-state index in [1.807, 2.05) is 18.5 Å². The molecule has 0 saturated heterocycles. The molecule has 0 bridgehead atoms. The fraction of sp³-hybridized carbons (Fsp3) is 0.583. The predicted octanol–water partition coefficient (Wildman–Crippen LogP) is 2.78. The monoisotopic (exact) mass is 192 g/mol. The molecule has 14 heavy (non-hydrogen) atoms. The van der Waals surface area contributed by atoms with Gasteiger partial charge in [-0.25, -0.2) is 0 Å². The van der Waals surface area contributed by atoms with Crippen molar-refractivity contribution in [3.8, 4) is 0 Å². The molecule has 0 saturated carbocycles. The topological polar surface area (TPSA) is 24.9 Å². The third-order valence-electron chi connectivity index (χ3n) is 2.70. The smallest absolute Gasteiger partial charge is 0.0315 e. The van der Waals surface area contributed by atoms with E-state index in [1.165, 1.54) is 5.56 Å². The molecule has 0 aliphatic heterocycles. The van der Waals surface area contributed by atoms with E-state index in [0.717, 1.165) is 0 Å². The van der Waals surface area contributed by atoms with Gasteiger partial charge >= 0.3 is 0 Å².